The highest BCUT2D eigenvalue weighted by Gasteiger charge is 2.41. The largest absolute Gasteiger partial charge is 0.321 e. The van der Waals surface area contributed by atoms with E-state index < -0.39 is 5.54 Å². The van der Waals surface area contributed by atoms with Crippen LogP contribution in [-0.4, -0.2) is 36.0 Å². The maximum atomic E-state index is 12.3. The van der Waals surface area contributed by atoms with E-state index in [-0.39, 0.29) is 0 Å². The van der Waals surface area contributed by atoms with Crippen LogP contribution >= 0.6 is 0 Å². The van der Waals surface area contributed by atoms with E-state index in [9.17, 15) is 4.79 Å². The van der Waals surface area contributed by atoms with Gasteiger partial charge in [-0.2, -0.15) is 0 Å². The molecule has 0 fully saturated rings. The van der Waals surface area contributed by atoms with Crippen LogP contribution in [0.15, 0.2) is 140 Å². The molecule has 0 aliphatic rings. The molecule has 0 atom stereocenters. The first-order valence-corrected chi connectivity index (χ1v) is 16.9. The predicted molar refractivity (Wildman–Crippen MR) is 193 cm³/mol. The summed E-state index contributed by atoms with van der Waals surface area (Å²) in [7, 11) is 0. The number of aryl methyl sites for hydroxylation is 2. The fourth-order valence-electron chi connectivity index (χ4n) is 6.83. The van der Waals surface area contributed by atoms with Crippen molar-refractivity contribution in [2.45, 2.75) is 45.2 Å². The van der Waals surface area contributed by atoms with Gasteiger partial charge in [-0.1, -0.05) is 147 Å². The SMILES string of the molecule is CCCc1nc(CC)c(C=O)n1Cc1ccc(-c2ccccc2)c(-c2nnn(C(c3ccccc3)(c3ccccc3)c3ccccc3)n2)c1. The Bertz CT molecular complexity index is 2060. The average Bonchev–Trinajstić information content (AvgIpc) is 3.79. The number of rotatable bonds is 12. The number of hydrogen-bond acceptors (Lipinski definition) is 5. The van der Waals surface area contributed by atoms with Gasteiger partial charge in [-0.15, -0.1) is 15.0 Å². The van der Waals surface area contributed by atoms with Crippen LogP contribution in [0.2, 0.25) is 0 Å². The highest BCUT2D eigenvalue weighted by molar-refractivity contribution is 5.81. The Balaban J connectivity index is 1.43. The van der Waals surface area contributed by atoms with Gasteiger partial charge in [0.15, 0.2) is 11.8 Å². The summed E-state index contributed by atoms with van der Waals surface area (Å²) in [6, 6.07) is 47.7. The molecule has 0 amide bonds. The second kappa shape index (κ2) is 14.0. The molecule has 2 aromatic heterocycles. The summed E-state index contributed by atoms with van der Waals surface area (Å²) < 4.78 is 2.06. The highest BCUT2D eigenvalue weighted by atomic mass is 16.1. The minimum absolute atomic E-state index is 0.509. The van der Waals surface area contributed by atoms with Gasteiger partial charge in [0.1, 0.15) is 11.5 Å². The summed E-state index contributed by atoms with van der Waals surface area (Å²) in [4.78, 5) is 18.9. The summed E-state index contributed by atoms with van der Waals surface area (Å²) in [6.45, 7) is 4.68. The number of tetrazole rings is 1. The van der Waals surface area contributed by atoms with E-state index >= 15 is 0 Å². The second-order valence-corrected chi connectivity index (χ2v) is 12.1. The van der Waals surface area contributed by atoms with Crippen molar-refractivity contribution in [3.05, 3.63) is 179 Å². The normalized spacial score (nSPS) is 11.5. The van der Waals surface area contributed by atoms with Gasteiger partial charge in [-0.3, -0.25) is 4.79 Å². The number of nitrogens with zero attached hydrogens (tertiary/aromatic N) is 6. The molecule has 0 radical (unpaired) electrons. The van der Waals surface area contributed by atoms with Gasteiger partial charge in [0.2, 0.25) is 5.82 Å². The van der Waals surface area contributed by atoms with E-state index in [2.05, 4.69) is 78.2 Å². The van der Waals surface area contributed by atoms with E-state index in [4.69, 9.17) is 20.4 Å². The summed E-state index contributed by atoms with van der Waals surface area (Å²) in [5.74, 6) is 1.44. The van der Waals surface area contributed by atoms with Gasteiger partial charge < -0.3 is 4.57 Å². The van der Waals surface area contributed by atoms with Gasteiger partial charge in [0.25, 0.3) is 0 Å². The van der Waals surface area contributed by atoms with Gasteiger partial charge in [0, 0.05) is 18.5 Å². The number of imidazole rings is 1. The Morgan fingerprint density at radius 1 is 0.694 bits per heavy atom. The minimum atomic E-state index is -0.888. The van der Waals surface area contributed by atoms with Crippen LogP contribution in [0.1, 0.15) is 64.5 Å². The number of carbonyl (C=O) groups excluding carboxylic acids is 1. The third-order valence-corrected chi connectivity index (χ3v) is 9.12. The molecule has 0 unspecified atom stereocenters. The molecular weight excluding hydrogens is 605 g/mol. The molecule has 7 rings (SSSR count). The number of carbonyl (C=O) groups is 1. The summed E-state index contributed by atoms with van der Waals surface area (Å²) in [5.41, 5.74) is 7.58. The summed E-state index contributed by atoms with van der Waals surface area (Å²) in [6.07, 6.45) is 3.38. The Labute approximate surface area is 286 Å². The fourth-order valence-corrected chi connectivity index (χ4v) is 6.83. The lowest BCUT2D eigenvalue weighted by Crippen LogP contribution is -2.39. The van der Waals surface area contributed by atoms with E-state index in [1.165, 1.54) is 0 Å². The van der Waals surface area contributed by atoms with Crippen molar-refractivity contribution in [2.75, 3.05) is 0 Å². The second-order valence-electron chi connectivity index (χ2n) is 12.1. The van der Waals surface area contributed by atoms with Crippen LogP contribution in [0, 0.1) is 0 Å². The molecule has 2 heterocycles. The van der Waals surface area contributed by atoms with Crippen LogP contribution in [0.4, 0.5) is 0 Å². The van der Waals surface area contributed by atoms with Crippen LogP contribution in [-0.2, 0) is 24.9 Å². The van der Waals surface area contributed by atoms with Crippen LogP contribution in [0.5, 0.6) is 0 Å². The van der Waals surface area contributed by atoms with Crippen molar-refractivity contribution >= 4 is 6.29 Å². The van der Waals surface area contributed by atoms with Gasteiger partial charge in [-0.05, 0) is 57.5 Å². The molecule has 0 aliphatic carbocycles. The van der Waals surface area contributed by atoms with E-state index in [0.29, 0.717) is 24.5 Å². The Morgan fingerprint density at radius 3 is 1.80 bits per heavy atom. The molecule has 242 valence electrons. The highest BCUT2D eigenvalue weighted by Crippen LogP contribution is 2.40. The molecule has 0 N–H and O–H groups in total. The van der Waals surface area contributed by atoms with Crippen molar-refractivity contribution in [2.24, 2.45) is 0 Å². The standard InChI is InChI=1S/C42H38N6O/c1-3-17-40-43-38(4-2)39(30-49)47(40)29-31-26-27-36(32-18-9-5-10-19-32)37(28-31)41-44-46-48(45-41)42(33-20-11-6-12-21-33,34-22-13-7-14-23-34)35-24-15-8-16-25-35/h5-16,18-28,30H,3-4,17,29H2,1-2H3. The van der Waals surface area contributed by atoms with E-state index in [1.54, 1.807) is 4.80 Å². The van der Waals surface area contributed by atoms with Crippen molar-refractivity contribution in [3.8, 4) is 22.5 Å². The Kier molecular flexibility index (Phi) is 9.06. The first-order valence-electron chi connectivity index (χ1n) is 16.9. The van der Waals surface area contributed by atoms with Gasteiger partial charge in [0.05, 0.1) is 5.69 Å². The molecule has 0 aliphatic heterocycles. The smallest absolute Gasteiger partial charge is 0.205 e. The monoisotopic (exact) mass is 642 g/mol. The zero-order valence-corrected chi connectivity index (χ0v) is 27.8. The number of hydrogen-bond donors (Lipinski definition) is 0. The molecular formula is C42H38N6O. The van der Waals surface area contributed by atoms with Crippen molar-refractivity contribution in [3.63, 3.8) is 0 Å². The van der Waals surface area contributed by atoms with E-state index in [0.717, 1.165) is 69.6 Å². The molecule has 0 bridgehead atoms. The molecule has 5 aromatic carbocycles. The maximum Gasteiger partial charge on any atom is 0.205 e. The fraction of sp³-hybridized carbons (Fsp3) is 0.167. The topological polar surface area (TPSA) is 78.5 Å². The van der Waals surface area contributed by atoms with Crippen molar-refractivity contribution < 1.29 is 4.79 Å². The quantitative estimate of drug-likeness (QED) is 0.0988. The number of aldehydes is 1. The van der Waals surface area contributed by atoms with Crippen LogP contribution in [0.3, 0.4) is 0 Å². The molecule has 0 saturated carbocycles. The van der Waals surface area contributed by atoms with Crippen LogP contribution in [0.25, 0.3) is 22.5 Å². The zero-order valence-electron chi connectivity index (χ0n) is 27.8. The van der Waals surface area contributed by atoms with Crippen LogP contribution < -0.4 is 0 Å². The number of aromatic nitrogens is 6. The predicted octanol–water partition coefficient (Wildman–Crippen LogP) is 8.42. The molecule has 7 aromatic rings. The lowest BCUT2D eigenvalue weighted by atomic mass is 9.77. The first-order chi connectivity index (χ1) is 24.2. The summed E-state index contributed by atoms with van der Waals surface area (Å²) >= 11 is 0. The third kappa shape index (κ3) is 5.89. The van der Waals surface area contributed by atoms with Crippen molar-refractivity contribution in [1.82, 2.24) is 29.8 Å². The molecule has 0 saturated heterocycles. The Hall–Kier alpha value is -5.95. The van der Waals surface area contributed by atoms with E-state index in [1.807, 2.05) is 79.7 Å². The lowest BCUT2D eigenvalue weighted by molar-refractivity contribution is 0.111. The lowest BCUT2D eigenvalue weighted by Gasteiger charge is -2.34. The average molecular weight is 643 g/mol. The molecule has 49 heavy (non-hydrogen) atoms. The minimum Gasteiger partial charge on any atom is -0.321 e. The third-order valence-electron chi connectivity index (χ3n) is 9.12. The molecule has 7 nitrogen and oxygen atoms in total. The molecule has 0 spiro atoms. The molecule has 7 heteroatoms. The first kappa shape index (κ1) is 31.6. The maximum absolute atomic E-state index is 12.3. The van der Waals surface area contributed by atoms with Gasteiger partial charge >= 0.3 is 0 Å². The van der Waals surface area contributed by atoms with Crippen molar-refractivity contribution in [1.29, 1.82) is 0 Å². The number of benzene rings is 5. The van der Waals surface area contributed by atoms with Gasteiger partial charge in [-0.25, -0.2) is 4.98 Å². The zero-order chi connectivity index (χ0) is 33.6. The Morgan fingerprint density at radius 2 is 1.27 bits per heavy atom. The summed E-state index contributed by atoms with van der Waals surface area (Å²) in [5, 5.41) is 14.8.